The van der Waals surface area contributed by atoms with E-state index in [0.29, 0.717) is 23.1 Å². The highest BCUT2D eigenvalue weighted by molar-refractivity contribution is 6.30. The van der Waals surface area contributed by atoms with Crippen LogP contribution in [0, 0.1) is 0 Å². The lowest BCUT2D eigenvalue weighted by molar-refractivity contribution is 0.0736. The van der Waals surface area contributed by atoms with Gasteiger partial charge in [0.05, 0.1) is 6.20 Å². The van der Waals surface area contributed by atoms with Crippen molar-refractivity contribution < 1.29 is 9.53 Å². The minimum atomic E-state index is -0.533. The van der Waals surface area contributed by atoms with Crippen LogP contribution in [0.15, 0.2) is 30.5 Å². The number of nitrogens with zero attached hydrogens (tertiary/aromatic N) is 2. The quantitative estimate of drug-likeness (QED) is 0.683. The molecule has 0 aliphatic carbocycles. The van der Waals surface area contributed by atoms with Gasteiger partial charge in [-0.15, -0.1) is 0 Å². The van der Waals surface area contributed by atoms with Crippen LogP contribution >= 0.6 is 11.6 Å². The Balaban J connectivity index is 2.16. The molecule has 0 saturated heterocycles. The summed E-state index contributed by atoms with van der Waals surface area (Å²) in [5, 5.41) is 4.56. The molecule has 5 nitrogen and oxygen atoms in total. The Bertz CT molecular complexity index is 563. The number of nitrogens with two attached hydrogens (primary N) is 1. The molecule has 0 saturated carbocycles. The maximum atomic E-state index is 11.9. The molecule has 94 valence electrons. The Hall–Kier alpha value is -2.01. The lowest BCUT2D eigenvalue weighted by Gasteiger charge is -2.04. The van der Waals surface area contributed by atoms with Crippen molar-refractivity contribution in [3.05, 3.63) is 41.0 Å². The highest BCUT2D eigenvalue weighted by atomic mass is 35.5. The number of esters is 1. The fraction of sp³-hybridized carbons (Fsp3) is 0.167. The van der Waals surface area contributed by atoms with Gasteiger partial charge in [-0.2, -0.15) is 5.10 Å². The summed E-state index contributed by atoms with van der Waals surface area (Å²) >= 11 is 5.74. The van der Waals surface area contributed by atoms with Crippen LogP contribution in [0.5, 0.6) is 5.75 Å². The van der Waals surface area contributed by atoms with Gasteiger partial charge in [-0.05, 0) is 31.2 Å². The molecule has 2 aromatic rings. The van der Waals surface area contributed by atoms with Crippen molar-refractivity contribution in [3.63, 3.8) is 0 Å². The Morgan fingerprint density at radius 1 is 1.44 bits per heavy atom. The molecule has 0 radical (unpaired) electrons. The van der Waals surface area contributed by atoms with Gasteiger partial charge in [0.1, 0.15) is 17.1 Å². The molecule has 0 amide bonds. The molecule has 1 aromatic carbocycles. The first kappa shape index (κ1) is 12.4. The third kappa shape index (κ3) is 2.46. The number of hydrogen-bond acceptors (Lipinski definition) is 4. The average molecular weight is 266 g/mol. The van der Waals surface area contributed by atoms with Gasteiger partial charge in [0.2, 0.25) is 0 Å². The van der Waals surface area contributed by atoms with Gasteiger partial charge in [0.15, 0.2) is 0 Å². The number of ether oxygens (including phenoxy) is 1. The smallest absolute Gasteiger partial charge is 0.348 e. The van der Waals surface area contributed by atoms with Crippen LogP contribution in [0.3, 0.4) is 0 Å². The predicted molar refractivity (Wildman–Crippen MR) is 68.7 cm³/mol. The summed E-state index contributed by atoms with van der Waals surface area (Å²) in [5.74, 6) is 0.180. The second-order valence-electron chi connectivity index (χ2n) is 3.60. The normalized spacial score (nSPS) is 10.3. The van der Waals surface area contributed by atoms with Gasteiger partial charge in [0.25, 0.3) is 0 Å². The number of aryl methyl sites for hydroxylation is 1. The minimum absolute atomic E-state index is 0.256. The summed E-state index contributed by atoms with van der Waals surface area (Å²) in [6, 6.07) is 6.51. The van der Waals surface area contributed by atoms with E-state index in [1.165, 1.54) is 10.9 Å². The molecule has 2 N–H and O–H groups in total. The van der Waals surface area contributed by atoms with Crippen molar-refractivity contribution >= 4 is 23.4 Å². The first-order valence-corrected chi connectivity index (χ1v) is 5.78. The molecule has 0 atom stereocenters. The lowest BCUT2D eigenvalue weighted by atomic mass is 10.3. The zero-order valence-electron chi connectivity index (χ0n) is 9.76. The van der Waals surface area contributed by atoms with Crippen molar-refractivity contribution in [1.82, 2.24) is 9.78 Å². The van der Waals surface area contributed by atoms with Gasteiger partial charge in [-0.1, -0.05) is 11.6 Å². The van der Waals surface area contributed by atoms with Crippen molar-refractivity contribution in [2.45, 2.75) is 13.5 Å². The topological polar surface area (TPSA) is 70.1 Å². The highest BCUT2D eigenvalue weighted by Crippen LogP contribution is 2.18. The van der Waals surface area contributed by atoms with Crippen LogP contribution in [0.4, 0.5) is 5.82 Å². The monoisotopic (exact) mass is 265 g/mol. The molecule has 0 aliphatic rings. The van der Waals surface area contributed by atoms with Crippen molar-refractivity contribution in [2.75, 3.05) is 5.73 Å². The molecule has 6 heteroatoms. The molecule has 0 unspecified atom stereocenters. The zero-order valence-corrected chi connectivity index (χ0v) is 10.5. The fourth-order valence-electron chi connectivity index (χ4n) is 1.47. The number of hydrogen-bond donors (Lipinski definition) is 1. The van der Waals surface area contributed by atoms with Crippen LogP contribution in [-0.4, -0.2) is 15.7 Å². The van der Waals surface area contributed by atoms with E-state index in [2.05, 4.69) is 5.10 Å². The van der Waals surface area contributed by atoms with E-state index in [9.17, 15) is 4.79 Å². The molecule has 0 fully saturated rings. The first-order chi connectivity index (χ1) is 8.61. The molecular weight excluding hydrogens is 254 g/mol. The Labute approximate surface area is 109 Å². The maximum Gasteiger partial charge on any atom is 0.348 e. The first-order valence-electron chi connectivity index (χ1n) is 5.41. The molecule has 1 aromatic heterocycles. The number of anilines is 1. The number of carbonyl (C=O) groups excluding carboxylic acids is 1. The van der Waals surface area contributed by atoms with E-state index >= 15 is 0 Å². The lowest BCUT2D eigenvalue weighted by Crippen LogP contribution is -2.11. The molecular formula is C12H12ClN3O2. The van der Waals surface area contributed by atoms with Gasteiger partial charge in [0, 0.05) is 11.6 Å². The second-order valence-corrected chi connectivity index (χ2v) is 4.04. The number of halogens is 1. The summed E-state index contributed by atoms with van der Waals surface area (Å²) in [6.45, 7) is 2.48. The number of aromatic nitrogens is 2. The van der Waals surface area contributed by atoms with Gasteiger partial charge in [-0.25, -0.2) is 9.48 Å². The Kier molecular flexibility index (Phi) is 3.53. The molecule has 18 heavy (non-hydrogen) atoms. The van der Waals surface area contributed by atoms with Crippen LogP contribution in [0.2, 0.25) is 5.02 Å². The Morgan fingerprint density at radius 3 is 2.67 bits per heavy atom. The summed E-state index contributed by atoms with van der Waals surface area (Å²) < 4.78 is 6.69. The van der Waals surface area contributed by atoms with Crippen LogP contribution in [0.1, 0.15) is 17.3 Å². The standard InChI is InChI=1S/C12H12ClN3O2/c1-2-16-11(14)10(7-15-16)12(17)18-9-5-3-8(13)4-6-9/h3-7H,2,14H2,1H3. The van der Waals surface area contributed by atoms with Gasteiger partial charge < -0.3 is 10.5 Å². The summed E-state index contributed by atoms with van der Waals surface area (Å²) in [4.78, 5) is 11.9. The van der Waals surface area contributed by atoms with Crippen LogP contribution in [-0.2, 0) is 6.54 Å². The SMILES string of the molecule is CCn1ncc(C(=O)Oc2ccc(Cl)cc2)c1N. The summed E-state index contributed by atoms with van der Waals surface area (Å²) in [7, 11) is 0. The van der Waals surface area contributed by atoms with E-state index < -0.39 is 5.97 Å². The third-order valence-electron chi connectivity index (χ3n) is 2.42. The van der Waals surface area contributed by atoms with E-state index in [-0.39, 0.29) is 5.56 Å². The summed E-state index contributed by atoms with van der Waals surface area (Å²) in [6.07, 6.45) is 1.40. The van der Waals surface area contributed by atoms with E-state index in [1.807, 2.05) is 6.92 Å². The van der Waals surface area contributed by atoms with Crippen molar-refractivity contribution in [3.8, 4) is 5.75 Å². The Morgan fingerprint density at radius 2 is 2.11 bits per heavy atom. The summed E-state index contributed by atoms with van der Waals surface area (Å²) in [5.41, 5.74) is 6.03. The third-order valence-corrected chi connectivity index (χ3v) is 2.68. The number of nitrogen functional groups attached to an aromatic ring is 1. The largest absolute Gasteiger partial charge is 0.423 e. The minimum Gasteiger partial charge on any atom is -0.423 e. The molecule has 2 rings (SSSR count). The van der Waals surface area contributed by atoms with Crippen LogP contribution < -0.4 is 10.5 Å². The maximum absolute atomic E-state index is 11.9. The average Bonchev–Trinajstić information content (AvgIpc) is 2.73. The highest BCUT2D eigenvalue weighted by Gasteiger charge is 2.16. The number of benzene rings is 1. The van der Waals surface area contributed by atoms with Gasteiger partial charge in [-0.3, -0.25) is 0 Å². The molecule has 0 bridgehead atoms. The fourth-order valence-corrected chi connectivity index (χ4v) is 1.59. The van der Waals surface area contributed by atoms with E-state index in [1.54, 1.807) is 24.3 Å². The zero-order chi connectivity index (χ0) is 13.1. The number of carbonyl (C=O) groups is 1. The predicted octanol–water partition coefficient (Wildman–Crippen LogP) is 2.36. The van der Waals surface area contributed by atoms with Crippen molar-refractivity contribution in [1.29, 1.82) is 0 Å². The van der Waals surface area contributed by atoms with Crippen LogP contribution in [0.25, 0.3) is 0 Å². The molecule has 0 aliphatic heterocycles. The molecule has 1 heterocycles. The second kappa shape index (κ2) is 5.10. The van der Waals surface area contributed by atoms with E-state index in [0.717, 1.165) is 0 Å². The van der Waals surface area contributed by atoms with Gasteiger partial charge >= 0.3 is 5.97 Å². The van der Waals surface area contributed by atoms with Crippen molar-refractivity contribution in [2.24, 2.45) is 0 Å². The van der Waals surface area contributed by atoms with E-state index in [4.69, 9.17) is 22.1 Å². The number of rotatable bonds is 3. The molecule has 0 spiro atoms.